The normalized spacial score (nSPS) is 19.0. The molecule has 2 aromatic carbocycles. The maximum Gasteiger partial charge on any atom is 0.134 e. The van der Waals surface area contributed by atoms with Crippen LogP contribution in [0.5, 0.6) is 5.75 Å². The number of rotatable bonds is 3. The number of piperidine rings is 1. The number of aromatic hydroxyl groups is 1. The van der Waals surface area contributed by atoms with Crippen molar-refractivity contribution >= 4 is 11.0 Å². The maximum atomic E-state index is 9.73. The third-order valence-electron chi connectivity index (χ3n) is 5.16. The molecule has 3 nitrogen and oxygen atoms in total. The van der Waals surface area contributed by atoms with Crippen molar-refractivity contribution in [1.82, 2.24) is 4.90 Å². The topological polar surface area (TPSA) is 36.6 Å². The molecule has 1 atom stereocenters. The van der Waals surface area contributed by atoms with E-state index in [-0.39, 0.29) is 0 Å². The van der Waals surface area contributed by atoms with Gasteiger partial charge < -0.3 is 9.52 Å². The molecule has 0 bridgehead atoms. The van der Waals surface area contributed by atoms with Crippen LogP contribution in [0.25, 0.3) is 11.0 Å². The van der Waals surface area contributed by atoms with Gasteiger partial charge in [-0.3, -0.25) is 4.90 Å². The van der Waals surface area contributed by atoms with Crippen LogP contribution in [0.2, 0.25) is 0 Å². The summed E-state index contributed by atoms with van der Waals surface area (Å²) >= 11 is 0. The molecule has 1 unspecified atom stereocenters. The number of phenols is 1. The fraction of sp³-hybridized carbons (Fsp3) is 0.333. The van der Waals surface area contributed by atoms with Crippen molar-refractivity contribution in [3.63, 3.8) is 0 Å². The van der Waals surface area contributed by atoms with Gasteiger partial charge in [-0.1, -0.05) is 30.3 Å². The van der Waals surface area contributed by atoms with Crippen LogP contribution in [0.4, 0.5) is 0 Å². The molecular formula is C21H23NO2. The van der Waals surface area contributed by atoms with E-state index < -0.39 is 0 Å². The second-order valence-electron chi connectivity index (χ2n) is 6.82. The zero-order valence-electron chi connectivity index (χ0n) is 14.0. The standard InChI is InChI=1S/C21H23NO2/c1-15-19-9-2-3-10-20(19)24-21(15)14-22-11-5-7-17(13-22)16-6-4-8-18(23)12-16/h2-4,6,8-10,12,17,23H,5,7,11,13-14H2,1H3. The Kier molecular flexibility index (Phi) is 4.03. The van der Waals surface area contributed by atoms with E-state index in [1.54, 1.807) is 6.07 Å². The Labute approximate surface area is 142 Å². The summed E-state index contributed by atoms with van der Waals surface area (Å²) in [7, 11) is 0. The number of phenolic OH excluding ortho intramolecular Hbond substituents is 1. The van der Waals surface area contributed by atoms with Gasteiger partial charge in [0, 0.05) is 11.9 Å². The van der Waals surface area contributed by atoms with Crippen molar-refractivity contribution in [3.05, 3.63) is 65.4 Å². The Morgan fingerprint density at radius 3 is 2.88 bits per heavy atom. The summed E-state index contributed by atoms with van der Waals surface area (Å²) in [6.07, 6.45) is 2.36. The third kappa shape index (κ3) is 2.92. The van der Waals surface area contributed by atoms with Crippen LogP contribution < -0.4 is 0 Å². The highest BCUT2D eigenvalue weighted by atomic mass is 16.3. The predicted octanol–water partition coefficient (Wildman–Crippen LogP) is 4.83. The minimum absolute atomic E-state index is 0.359. The first-order valence-corrected chi connectivity index (χ1v) is 8.69. The van der Waals surface area contributed by atoms with Gasteiger partial charge in [0.2, 0.25) is 0 Å². The van der Waals surface area contributed by atoms with Gasteiger partial charge in [-0.25, -0.2) is 0 Å². The predicted molar refractivity (Wildman–Crippen MR) is 96.3 cm³/mol. The fourth-order valence-electron chi connectivity index (χ4n) is 3.83. The number of aryl methyl sites for hydroxylation is 1. The summed E-state index contributed by atoms with van der Waals surface area (Å²) in [5.41, 5.74) is 3.47. The number of fused-ring (bicyclic) bond motifs is 1. The van der Waals surface area contributed by atoms with Crippen molar-refractivity contribution in [1.29, 1.82) is 0 Å². The van der Waals surface area contributed by atoms with Crippen molar-refractivity contribution < 1.29 is 9.52 Å². The monoisotopic (exact) mass is 321 g/mol. The van der Waals surface area contributed by atoms with E-state index in [0.717, 1.165) is 31.0 Å². The Hall–Kier alpha value is -2.26. The van der Waals surface area contributed by atoms with E-state index >= 15 is 0 Å². The molecule has 24 heavy (non-hydrogen) atoms. The minimum Gasteiger partial charge on any atom is -0.508 e. The second kappa shape index (κ2) is 6.33. The molecule has 0 aliphatic carbocycles. The molecule has 0 saturated carbocycles. The van der Waals surface area contributed by atoms with Gasteiger partial charge in [0.15, 0.2) is 0 Å². The number of likely N-dealkylation sites (tertiary alicyclic amines) is 1. The van der Waals surface area contributed by atoms with Gasteiger partial charge in [-0.15, -0.1) is 0 Å². The average molecular weight is 321 g/mol. The van der Waals surface area contributed by atoms with Crippen LogP contribution in [0, 0.1) is 6.92 Å². The molecule has 1 N–H and O–H groups in total. The van der Waals surface area contributed by atoms with Crippen molar-refractivity contribution in [3.8, 4) is 5.75 Å². The van der Waals surface area contributed by atoms with E-state index in [1.807, 2.05) is 24.3 Å². The van der Waals surface area contributed by atoms with Crippen LogP contribution >= 0.6 is 0 Å². The summed E-state index contributed by atoms with van der Waals surface area (Å²) in [6, 6.07) is 16.0. The Morgan fingerprint density at radius 1 is 1.17 bits per heavy atom. The molecule has 124 valence electrons. The van der Waals surface area contributed by atoms with Gasteiger partial charge in [0.05, 0.1) is 6.54 Å². The lowest BCUT2D eigenvalue weighted by Crippen LogP contribution is -2.33. The zero-order valence-corrected chi connectivity index (χ0v) is 14.0. The Morgan fingerprint density at radius 2 is 2.04 bits per heavy atom. The molecule has 3 heteroatoms. The molecule has 1 aliphatic rings. The van der Waals surface area contributed by atoms with Gasteiger partial charge in [0.1, 0.15) is 17.1 Å². The van der Waals surface area contributed by atoms with E-state index in [1.165, 1.54) is 29.4 Å². The van der Waals surface area contributed by atoms with Gasteiger partial charge in [-0.05, 0) is 61.6 Å². The molecule has 1 aliphatic heterocycles. The smallest absolute Gasteiger partial charge is 0.134 e. The summed E-state index contributed by atoms with van der Waals surface area (Å²) < 4.78 is 6.08. The Bertz CT molecular complexity index is 852. The second-order valence-corrected chi connectivity index (χ2v) is 6.82. The highest BCUT2D eigenvalue weighted by Gasteiger charge is 2.23. The summed E-state index contributed by atoms with van der Waals surface area (Å²) in [5, 5.41) is 10.9. The molecule has 1 aromatic heterocycles. The van der Waals surface area contributed by atoms with E-state index in [2.05, 4.69) is 30.0 Å². The first-order chi connectivity index (χ1) is 11.7. The molecule has 0 amide bonds. The molecule has 0 radical (unpaired) electrons. The number of benzene rings is 2. The molecule has 2 heterocycles. The maximum absolute atomic E-state index is 9.73. The van der Waals surface area contributed by atoms with Crippen molar-refractivity contribution in [2.24, 2.45) is 0 Å². The highest BCUT2D eigenvalue weighted by molar-refractivity contribution is 5.81. The van der Waals surface area contributed by atoms with Crippen molar-refractivity contribution in [2.75, 3.05) is 13.1 Å². The molecule has 1 saturated heterocycles. The van der Waals surface area contributed by atoms with E-state index in [0.29, 0.717) is 11.7 Å². The lowest BCUT2D eigenvalue weighted by Gasteiger charge is -2.32. The van der Waals surface area contributed by atoms with Crippen LogP contribution in [-0.4, -0.2) is 23.1 Å². The average Bonchev–Trinajstić information content (AvgIpc) is 2.91. The fourth-order valence-corrected chi connectivity index (χ4v) is 3.83. The summed E-state index contributed by atoms with van der Waals surface area (Å²) in [5.74, 6) is 1.92. The SMILES string of the molecule is Cc1c(CN2CCCC(c3cccc(O)c3)C2)oc2ccccc12. The summed E-state index contributed by atoms with van der Waals surface area (Å²) in [4.78, 5) is 2.48. The molecular weight excluding hydrogens is 298 g/mol. The third-order valence-corrected chi connectivity index (χ3v) is 5.16. The quantitative estimate of drug-likeness (QED) is 0.751. The van der Waals surface area contributed by atoms with Crippen LogP contribution in [0.3, 0.4) is 0 Å². The van der Waals surface area contributed by atoms with Crippen LogP contribution in [-0.2, 0) is 6.54 Å². The van der Waals surface area contributed by atoms with Gasteiger partial charge >= 0.3 is 0 Å². The molecule has 3 aromatic rings. The molecule has 4 rings (SSSR count). The first kappa shape index (κ1) is 15.3. The van der Waals surface area contributed by atoms with E-state index in [9.17, 15) is 5.11 Å². The number of para-hydroxylation sites is 1. The van der Waals surface area contributed by atoms with Crippen LogP contribution in [0.1, 0.15) is 35.6 Å². The Balaban J connectivity index is 1.53. The number of hydrogen-bond acceptors (Lipinski definition) is 3. The molecule has 0 spiro atoms. The van der Waals surface area contributed by atoms with Crippen LogP contribution in [0.15, 0.2) is 52.9 Å². The lowest BCUT2D eigenvalue weighted by molar-refractivity contribution is 0.187. The highest BCUT2D eigenvalue weighted by Crippen LogP contribution is 2.31. The van der Waals surface area contributed by atoms with Crippen molar-refractivity contribution in [2.45, 2.75) is 32.2 Å². The summed E-state index contributed by atoms with van der Waals surface area (Å²) in [6.45, 7) is 5.12. The largest absolute Gasteiger partial charge is 0.508 e. The van der Waals surface area contributed by atoms with E-state index in [4.69, 9.17) is 4.42 Å². The number of hydrogen-bond donors (Lipinski definition) is 1. The number of nitrogens with zero attached hydrogens (tertiary/aromatic N) is 1. The first-order valence-electron chi connectivity index (χ1n) is 8.69. The van der Waals surface area contributed by atoms with Gasteiger partial charge in [0.25, 0.3) is 0 Å². The zero-order chi connectivity index (χ0) is 16.5. The lowest BCUT2D eigenvalue weighted by atomic mass is 9.90. The number of furan rings is 1. The minimum atomic E-state index is 0.359. The molecule has 1 fully saturated rings. The van der Waals surface area contributed by atoms with Gasteiger partial charge in [-0.2, -0.15) is 0 Å².